The maximum atomic E-state index is 12.0. The minimum Gasteiger partial charge on any atom is -0.392 e. The number of aliphatic hydroxyl groups excluding tert-OH is 1. The molecule has 17 heavy (non-hydrogen) atoms. The Bertz CT molecular complexity index is 408. The zero-order valence-corrected chi connectivity index (χ0v) is 11.2. The molecular weight excluding hydrogens is 282 g/mol. The highest BCUT2D eigenvalue weighted by Crippen LogP contribution is 2.14. The Balaban J connectivity index is 1.97. The van der Waals surface area contributed by atoms with Crippen molar-refractivity contribution in [3.63, 3.8) is 0 Å². The summed E-state index contributed by atoms with van der Waals surface area (Å²) in [7, 11) is 0. The number of ketones is 1. The van der Waals surface area contributed by atoms with Crippen LogP contribution >= 0.6 is 15.9 Å². The van der Waals surface area contributed by atoms with Crippen molar-refractivity contribution >= 4 is 21.7 Å². The van der Waals surface area contributed by atoms with Crippen LogP contribution in [-0.4, -0.2) is 41.5 Å². The lowest BCUT2D eigenvalue weighted by Gasteiger charge is -2.29. The quantitative estimate of drug-likeness (QED) is 0.869. The van der Waals surface area contributed by atoms with Gasteiger partial charge in [-0.15, -0.1) is 0 Å². The molecule has 1 aromatic rings. The molecule has 0 aliphatic carbocycles. The minimum atomic E-state index is -0.279. The highest BCUT2D eigenvalue weighted by Gasteiger charge is 2.20. The number of piperidine rings is 1. The van der Waals surface area contributed by atoms with Crippen molar-refractivity contribution in [2.45, 2.75) is 18.9 Å². The van der Waals surface area contributed by atoms with Gasteiger partial charge in [-0.2, -0.15) is 0 Å². The van der Waals surface area contributed by atoms with E-state index in [9.17, 15) is 9.90 Å². The third-order valence-electron chi connectivity index (χ3n) is 2.99. The maximum Gasteiger partial charge on any atom is 0.176 e. The average molecular weight is 298 g/mol. The molecule has 0 bridgehead atoms. The summed E-state index contributed by atoms with van der Waals surface area (Å²) in [5.74, 6) is 0.111. The molecule has 1 aromatic carbocycles. The minimum absolute atomic E-state index is 0.111. The van der Waals surface area contributed by atoms with Gasteiger partial charge < -0.3 is 5.11 Å². The van der Waals surface area contributed by atoms with Gasteiger partial charge in [-0.25, -0.2) is 0 Å². The number of halogens is 1. The molecule has 1 N–H and O–H groups in total. The molecule has 1 saturated heterocycles. The van der Waals surface area contributed by atoms with Gasteiger partial charge in [-0.05, 0) is 31.5 Å². The number of benzene rings is 1. The summed E-state index contributed by atoms with van der Waals surface area (Å²) in [6.07, 6.45) is 1.54. The molecule has 0 saturated carbocycles. The van der Waals surface area contributed by atoms with E-state index >= 15 is 0 Å². The van der Waals surface area contributed by atoms with Crippen LogP contribution in [0.4, 0.5) is 0 Å². The van der Waals surface area contributed by atoms with E-state index in [1.165, 1.54) is 0 Å². The maximum absolute atomic E-state index is 12.0. The number of hydrogen-bond donors (Lipinski definition) is 1. The molecule has 0 spiro atoms. The van der Waals surface area contributed by atoms with Crippen molar-refractivity contribution in [1.82, 2.24) is 4.90 Å². The number of carbonyl (C=O) groups is 1. The van der Waals surface area contributed by atoms with Crippen LogP contribution in [0, 0.1) is 0 Å². The summed E-state index contributed by atoms with van der Waals surface area (Å²) in [4.78, 5) is 14.1. The average Bonchev–Trinajstić information content (AvgIpc) is 2.29. The van der Waals surface area contributed by atoms with Crippen molar-refractivity contribution < 1.29 is 9.90 Å². The summed E-state index contributed by atoms with van der Waals surface area (Å²) in [6.45, 7) is 1.91. The van der Waals surface area contributed by atoms with E-state index in [2.05, 4.69) is 15.9 Å². The second-order valence-corrected chi connectivity index (χ2v) is 5.38. The number of Topliss-reactive ketones (excluding diaryl/α,β-unsaturated/α-hetero) is 1. The lowest BCUT2D eigenvalue weighted by atomic mass is 10.1. The normalized spacial score (nSPS) is 21.4. The standard InChI is InChI=1S/C13H16BrNO2/c14-11-4-1-3-10(7-11)13(17)9-15-6-2-5-12(16)8-15/h1,3-4,7,12,16H,2,5-6,8-9H2. The molecular formula is C13H16BrNO2. The Kier molecular flexibility index (Phi) is 4.31. The molecule has 1 heterocycles. The number of hydrogen-bond acceptors (Lipinski definition) is 3. The van der Waals surface area contributed by atoms with Crippen molar-refractivity contribution in [2.75, 3.05) is 19.6 Å². The Hall–Kier alpha value is -0.710. The molecule has 92 valence electrons. The van der Waals surface area contributed by atoms with E-state index in [0.29, 0.717) is 13.1 Å². The number of nitrogens with zero attached hydrogens (tertiary/aromatic N) is 1. The number of rotatable bonds is 3. The molecule has 1 unspecified atom stereocenters. The summed E-state index contributed by atoms with van der Waals surface area (Å²) < 4.78 is 0.919. The Morgan fingerprint density at radius 2 is 2.35 bits per heavy atom. The number of β-amino-alcohol motifs (C(OH)–C–C–N with tert-alkyl or cyclic N) is 1. The summed E-state index contributed by atoms with van der Waals surface area (Å²) in [5.41, 5.74) is 0.722. The van der Waals surface area contributed by atoms with Gasteiger partial charge in [-0.1, -0.05) is 28.1 Å². The predicted molar refractivity (Wildman–Crippen MR) is 70.2 cm³/mol. The van der Waals surface area contributed by atoms with Crippen LogP contribution in [-0.2, 0) is 0 Å². The fraction of sp³-hybridized carbons (Fsp3) is 0.462. The molecule has 0 aromatic heterocycles. The number of carbonyl (C=O) groups excluding carboxylic acids is 1. The Morgan fingerprint density at radius 1 is 1.53 bits per heavy atom. The van der Waals surface area contributed by atoms with E-state index in [4.69, 9.17) is 0 Å². The van der Waals surface area contributed by atoms with Crippen LogP contribution in [0.1, 0.15) is 23.2 Å². The van der Waals surface area contributed by atoms with Crippen molar-refractivity contribution in [1.29, 1.82) is 0 Å². The van der Waals surface area contributed by atoms with Crippen LogP contribution in [0.3, 0.4) is 0 Å². The van der Waals surface area contributed by atoms with E-state index in [1.807, 2.05) is 29.2 Å². The topological polar surface area (TPSA) is 40.5 Å². The third kappa shape index (κ3) is 3.63. The highest BCUT2D eigenvalue weighted by atomic mass is 79.9. The van der Waals surface area contributed by atoms with Crippen LogP contribution in [0.25, 0.3) is 0 Å². The van der Waals surface area contributed by atoms with E-state index in [-0.39, 0.29) is 11.9 Å². The zero-order chi connectivity index (χ0) is 12.3. The first-order valence-corrected chi connectivity index (χ1v) is 6.63. The molecule has 2 rings (SSSR count). The van der Waals surface area contributed by atoms with Crippen molar-refractivity contribution in [2.24, 2.45) is 0 Å². The fourth-order valence-electron chi connectivity index (χ4n) is 2.13. The largest absolute Gasteiger partial charge is 0.392 e. The van der Waals surface area contributed by atoms with Crippen LogP contribution in [0.15, 0.2) is 28.7 Å². The van der Waals surface area contributed by atoms with E-state index < -0.39 is 0 Å². The first-order valence-electron chi connectivity index (χ1n) is 5.84. The van der Waals surface area contributed by atoms with Gasteiger partial charge in [0.25, 0.3) is 0 Å². The zero-order valence-electron chi connectivity index (χ0n) is 9.60. The van der Waals surface area contributed by atoms with E-state index in [1.54, 1.807) is 0 Å². The summed E-state index contributed by atoms with van der Waals surface area (Å²) >= 11 is 3.36. The molecule has 1 atom stereocenters. The molecule has 4 heteroatoms. The van der Waals surface area contributed by atoms with Crippen LogP contribution in [0.5, 0.6) is 0 Å². The van der Waals surface area contributed by atoms with Crippen molar-refractivity contribution in [3.05, 3.63) is 34.3 Å². The Labute approximate surface area is 110 Å². The Morgan fingerprint density at radius 3 is 3.06 bits per heavy atom. The smallest absolute Gasteiger partial charge is 0.176 e. The summed E-state index contributed by atoms with van der Waals surface area (Å²) in [5, 5.41) is 9.55. The second-order valence-electron chi connectivity index (χ2n) is 4.46. The molecule has 0 radical (unpaired) electrons. The monoisotopic (exact) mass is 297 g/mol. The van der Waals surface area contributed by atoms with Gasteiger partial charge >= 0.3 is 0 Å². The SMILES string of the molecule is O=C(CN1CCCC(O)C1)c1cccc(Br)c1. The second kappa shape index (κ2) is 5.76. The summed E-state index contributed by atoms with van der Waals surface area (Å²) in [6, 6.07) is 7.43. The molecule has 1 fully saturated rings. The van der Waals surface area contributed by atoms with Crippen LogP contribution in [0.2, 0.25) is 0 Å². The lowest BCUT2D eigenvalue weighted by Crippen LogP contribution is -2.41. The predicted octanol–water partition coefficient (Wildman–Crippen LogP) is 2.09. The molecule has 1 aliphatic heterocycles. The third-order valence-corrected chi connectivity index (χ3v) is 3.49. The first kappa shape index (κ1) is 12.7. The van der Waals surface area contributed by atoms with Crippen molar-refractivity contribution in [3.8, 4) is 0 Å². The van der Waals surface area contributed by atoms with Crippen LogP contribution < -0.4 is 0 Å². The molecule has 0 amide bonds. The van der Waals surface area contributed by atoms with Gasteiger partial charge in [0.1, 0.15) is 0 Å². The number of aliphatic hydroxyl groups is 1. The van der Waals surface area contributed by atoms with Gasteiger partial charge in [0.2, 0.25) is 0 Å². The highest BCUT2D eigenvalue weighted by molar-refractivity contribution is 9.10. The molecule has 3 nitrogen and oxygen atoms in total. The number of likely N-dealkylation sites (tertiary alicyclic amines) is 1. The first-order chi connectivity index (χ1) is 8.15. The van der Waals surface area contributed by atoms with Gasteiger partial charge in [0, 0.05) is 16.6 Å². The lowest BCUT2D eigenvalue weighted by molar-refractivity contribution is 0.0634. The van der Waals surface area contributed by atoms with Gasteiger partial charge in [0.15, 0.2) is 5.78 Å². The van der Waals surface area contributed by atoms with Gasteiger partial charge in [-0.3, -0.25) is 9.69 Å². The molecule has 1 aliphatic rings. The fourth-order valence-corrected chi connectivity index (χ4v) is 2.53. The van der Waals surface area contributed by atoms with E-state index in [0.717, 1.165) is 29.4 Å². The van der Waals surface area contributed by atoms with Gasteiger partial charge in [0.05, 0.1) is 12.6 Å².